The maximum atomic E-state index is 11.3. The van der Waals surface area contributed by atoms with Crippen molar-refractivity contribution in [2.75, 3.05) is 25.4 Å². The van der Waals surface area contributed by atoms with Gasteiger partial charge in [-0.1, -0.05) is 6.92 Å². The summed E-state index contributed by atoms with van der Waals surface area (Å²) in [4.78, 5) is 10.9. The number of nitrogens with zero attached hydrogens (tertiary/aromatic N) is 1. The zero-order valence-electron chi connectivity index (χ0n) is 8.32. The van der Waals surface area contributed by atoms with Crippen LogP contribution in [0.4, 0.5) is 0 Å². The standard InChI is InChI=1S/C8H16N2O3S/c1-2-8(11)9-4-6-10-5-3-7-14(10,12)13/h2-7H2,1H3,(H,9,11). The van der Waals surface area contributed by atoms with Crippen molar-refractivity contribution >= 4 is 15.9 Å². The molecule has 0 spiro atoms. The van der Waals surface area contributed by atoms with Crippen molar-refractivity contribution < 1.29 is 13.2 Å². The minimum absolute atomic E-state index is 0.0402. The Hall–Kier alpha value is -0.620. The summed E-state index contributed by atoms with van der Waals surface area (Å²) in [6, 6.07) is 0. The molecule has 1 heterocycles. The lowest BCUT2D eigenvalue weighted by Gasteiger charge is -2.13. The first-order valence-electron chi connectivity index (χ1n) is 4.81. The topological polar surface area (TPSA) is 66.5 Å². The van der Waals surface area contributed by atoms with Crippen LogP contribution in [0.1, 0.15) is 19.8 Å². The van der Waals surface area contributed by atoms with Crippen molar-refractivity contribution in [3.05, 3.63) is 0 Å². The van der Waals surface area contributed by atoms with E-state index in [4.69, 9.17) is 0 Å². The predicted molar refractivity (Wildman–Crippen MR) is 53.3 cm³/mol. The number of carbonyl (C=O) groups excluding carboxylic acids is 1. The van der Waals surface area contributed by atoms with E-state index in [0.717, 1.165) is 0 Å². The second-order valence-electron chi connectivity index (χ2n) is 3.27. The largest absolute Gasteiger partial charge is 0.355 e. The van der Waals surface area contributed by atoms with Crippen molar-refractivity contribution in [2.45, 2.75) is 19.8 Å². The smallest absolute Gasteiger partial charge is 0.219 e. The van der Waals surface area contributed by atoms with Crippen molar-refractivity contribution in [1.82, 2.24) is 9.62 Å². The van der Waals surface area contributed by atoms with E-state index in [1.54, 1.807) is 6.92 Å². The van der Waals surface area contributed by atoms with Gasteiger partial charge in [-0.15, -0.1) is 0 Å². The van der Waals surface area contributed by atoms with Gasteiger partial charge in [0.1, 0.15) is 0 Å². The van der Waals surface area contributed by atoms with E-state index in [1.807, 2.05) is 0 Å². The van der Waals surface area contributed by atoms with Crippen LogP contribution in [0, 0.1) is 0 Å². The highest BCUT2D eigenvalue weighted by atomic mass is 32.2. The fourth-order valence-corrected chi connectivity index (χ4v) is 2.92. The molecule has 1 amide bonds. The van der Waals surface area contributed by atoms with Crippen LogP contribution in [0.5, 0.6) is 0 Å². The van der Waals surface area contributed by atoms with E-state index in [9.17, 15) is 13.2 Å². The number of sulfonamides is 1. The Labute approximate surface area is 84.5 Å². The maximum Gasteiger partial charge on any atom is 0.219 e. The number of amides is 1. The number of carbonyl (C=O) groups is 1. The monoisotopic (exact) mass is 220 g/mol. The van der Waals surface area contributed by atoms with Crippen LogP contribution in [-0.2, 0) is 14.8 Å². The van der Waals surface area contributed by atoms with Gasteiger partial charge in [-0.2, -0.15) is 0 Å². The van der Waals surface area contributed by atoms with Crippen molar-refractivity contribution in [3.63, 3.8) is 0 Å². The molecule has 1 saturated heterocycles. The Morgan fingerprint density at radius 1 is 1.50 bits per heavy atom. The average molecular weight is 220 g/mol. The molecule has 0 aromatic heterocycles. The highest BCUT2D eigenvalue weighted by Crippen LogP contribution is 2.11. The van der Waals surface area contributed by atoms with E-state index in [2.05, 4.69) is 5.32 Å². The van der Waals surface area contributed by atoms with Crippen LogP contribution < -0.4 is 5.32 Å². The Morgan fingerprint density at radius 3 is 2.71 bits per heavy atom. The van der Waals surface area contributed by atoms with Crippen molar-refractivity contribution in [1.29, 1.82) is 0 Å². The number of rotatable bonds is 4. The minimum Gasteiger partial charge on any atom is -0.355 e. The quantitative estimate of drug-likeness (QED) is 0.697. The van der Waals surface area contributed by atoms with E-state index in [0.29, 0.717) is 32.5 Å². The van der Waals surface area contributed by atoms with Crippen molar-refractivity contribution in [2.24, 2.45) is 0 Å². The molecule has 0 aliphatic carbocycles. The van der Waals surface area contributed by atoms with E-state index < -0.39 is 10.0 Å². The van der Waals surface area contributed by atoms with Gasteiger partial charge in [0.25, 0.3) is 0 Å². The van der Waals surface area contributed by atoms with Gasteiger partial charge in [0, 0.05) is 26.1 Å². The lowest BCUT2D eigenvalue weighted by molar-refractivity contribution is -0.120. The second-order valence-corrected chi connectivity index (χ2v) is 5.36. The first kappa shape index (κ1) is 11.5. The second kappa shape index (κ2) is 4.75. The molecule has 1 rings (SSSR count). The first-order chi connectivity index (χ1) is 6.56. The third kappa shape index (κ3) is 2.95. The summed E-state index contributed by atoms with van der Waals surface area (Å²) in [7, 11) is -3.01. The molecule has 0 atom stereocenters. The molecule has 6 heteroatoms. The molecule has 0 radical (unpaired) electrons. The molecule has 0 saturated carbocycles. The van der Waals surface area contributed by atoms with Gasteiger partial charge in [-0.3, -0.25) is 4.79 Å². The molecular weight excluding hydrogens is 204 g/mol. The van der Waals surface area contributed by atoms with Crippen LogP contribution in [-0.4, -0.2) is 44.0 Å². The molecule has 1 aliphatic heterocycles. The predicted octanol–water partition coefficient (Wildman–Crippen LogP) is -0.452. The number of hydrogen-bond acceptors (Lipinski definition) is 3. The summed E-state index contributed by atoms with van der Waals surface area (Å²) in [5.74, 6) is 0.205. The summed E-state index contributed by atoms with van der Waals surface area (Å²) in [5, 5.41) is 2.65. The summed E-state index contributed by atoms with van der Waals surface area (Å²) in [5.41, 5.74) is 0. The Bertz CT molecular complexity index is 300. The summed E-state index contributed by atoms with van der Waals surface area (Å²) in [6.45, 7) is 3.16. The Kier molecular flexibility index (Phi) is 3.88. The van der Waals surface area contributed by atoms with Crippen LogP contribution in [0.15, 0.2) is 0 Å². The number of nitrogens with one attached hydrogen (secondary N) is 1. The zero-order valence-corrected chi connectivity index (χ0v) is 9.14. The molecule has 0 unspecified atom stereocenters. The summed E-state index contributed by atoms with van der Waals surface area (Å²) >= 11 is 0. The molecule has 0 aromatic carbocycles. The molecule has 1 aliphatic rings. The molecule has 1 N–H and O–H groups in total. The molecular formula is C8H16N2O3S. The number of hydrogen-bond donors (Lipinski definition) is 1. The highest BCUT2D eigenvalue weighted by molar-refractivity contribution is 7.89. The van der Waals surface area contributed by atoms with Gasteiger partial charge in [-0.05, 0) is 6.42 Å². The van der Waals surface area contributed by atoms with Gasteiger partial charge in [0.05, 0.1) is 5.75 Å². The fourth-order valence-electron chi connectivity index (χ4n) is 1.39. The minimum atomic E-state index is -3.01. The van der Waals surface area contributed by atoms with E-state index in [1.165, 1.54) is 4.31 Å². The lowest BCUT2D eigenvalue weighted by atomic mass is 10.4. The lowest BCUT2D eigenvalue weighted by Crippen LogP contribution is -2.35. The van der Waals surface area contributed by atoms with Crippen LogP contribution in [0.2, 0.25) is 0 Å². The van der Waals surface area contributed by atoms with Gasteiger partial charge < -0.3 is 5.32 Å². The highest BCUT2D eigenvalue weighted by Gasteiger charge is 2.27. The molecule has 0 bridgehead atoms. The summed E-state index contributed by atoms with van der Waals surface area (Å²) < 4.78 is 24.1. The summed E-state index contributed by atoms with van der Waals surface area (Å²) in [6.07, 6.45) is 1.14. The van der Waals surface area contributed by atoms with Crippen LogP contribution in [0.25, 0.3) is 0 Å². The van der Waals surface area contributed by atoms with E-state index >= 15 is 0 Å². The molecule has 14 heavy (non-hydrogen) atoms. The third-order valence-electron chi connectivity index (χ3n) is 2.21. The Morgan fingerprint density at radius 2 is 2.21 bits per heavy atom. The van der Waals surface area contributed by atoms with Crippen molar-refractivity contribution in [3.8, 4) is 0 Å². The third-order valence-corrected chi connectivity index (χ3v) is 4.16. The van der Waals surface area contributed by atoms with Crippen LogP contribution >= 0.6 is 0 Å². The molecule has 1 fully saturated rings. The fraction of sp³-hybridized carbons (Fsp3) is 0.875. The molecule has 0 aromatic rings. The zero-order chi connectivity index (χ0) is 10.6. The average Bonchev–Trinajstić information content (AvgIpc) is 2.45. The van der Waals surface area contributed by atoms with Gasteiger partial charge >= 0.3 is 0 Å². The molecule has 5 nitrogen and oxygen atoms in total. The SMILES string of the molecule is CCC(=O)NCCN1CCCS1(=O)=O. The normalized spacial score (nSPS) is 20.9. The van der Waals surface area contributed by atoms with Gasteiger partial charge in [0.15, 0.2) is 0 Å². The van der Waals surface area contributed by atoms with Gasteiger partial charge in [0.2, 0.25) is 15.9 Å². The maximum absolute atomic E-state index is 11.3. The molecule has 82 valence electrons. The van der Waals surface area contributed by atoms with E-state index in [-0.39, 0.29) is 11.7 Å². The first-order valence-corrected chi connectivity index (χ1v) is 6.41. The van der Waals surface area contributed by atoms with Crippen LogP contribution in [0.3, 0.4) is 0 Å². The van der Waals surface area contributed by atoms with Gasteiger partial charge in [-0.25, -0.2) is 12.7 Å². The Balaban J connectivity index is 2.29.